The first-order valence-corrected chi connectivity index (χ1v) is 6.67. The van der Waals surface area contributed by atoms with Gasteiger partial charge in [-0.3, -0.25) is 4.98 Å². The maximum Gasteiger partial charge on any atom is 0.329 e. The van der Waals surface area contributed by atoms with E-state index in [2.05, 4.69) is 10.3 Å². The molecule has 1 unspecified atom stereocenters. The van der Waals surface area contributed by atoms with Gasteiger partial charge in [-0.05, 0) is 44.7 Å². The number of hydrogen-bond donors (Lipinski definition) is 2. The Morgan fingerprint density at radius 1 is 1.40 bits per heavy atom. The number of hydrogen-bond acceptors (Lipinski definition) is 3. The summed E-state index contributed by atoms with van der Waals surface area (Å²) in [5.74, 6) is -0.963. The Balaban J connectivity index is 2.16. The number of rotatable bonds is 2. The average Bonchev–Trinajstić information content (AvgIpc) is 2.39. The SMILES string of the molecule is Cc1cncc(NC(=O)N2CCCCC2(C)C(=O)O)c1. The van der Waals surface area contributed by atoms with E-state index in [1.807, 2.05) is 6.92 Å². The zero-order valence-electron chi connectivity index (χ0n) is 11.7. The molecule has 2 amide bonds. The van der Waals surface area contributed by atoms with Gasteiger partial charge in [-0.25, -0.2) is 9.59 Å². The summed E-state index contributed by atoms with van der Waals surface area (Å²) in [6.45, 7) is 3.93. The molecule has 0 aromatic carbocycles. The molecule has 20 heavy (non-hydrogen) atoms. The van der Waals surface area contributed by atoms with E-state index in [0.29, 0.717) is 18.7 Å². The first kappa shape index (κ1) is 14.3. The lowest BCUT2D eigenvalue weighted by Gasteiger charge is -2.41. The summed E-state index contributed by atoms with van der Waals surface area (Å²) in [6.07, 6.45) is 5.35. The Morgan fingerprint density at radius 3 is 2.80 bits per heavy atom. The van der Waals surface area contributed by atoms with Crippen molar-refractivity contribution in [2.24, 2.45) is 0 Å². The van der Waals surface area contributed by atoms with Gasteiger partial charge in [-0.2, -0.15) is 0 Å². The maximum absolute atomic E-state index is 12.3. The molecule has 1 aromatic heterocycles. The number of nitrogens with zero attached hydrogens (tertiary/aromatic N) is 2. The second-order valence-electron chi connectivity index (χ2n) is 5.37. The summed E-state index contributed by atoms with van der Waals surface area (Å²) >= 11 is 0. The number of carboxylic acid groups (broad SMARTS) is 1. The van der Waals surface area contributed by atoms with Crippen LogP contribution in [0.5, 0.6) is 0 Å². The molecular weight excluding hydrogens is 258 g/mol. The number of anilines is 1. The number of likely N-dealkylation sites (tertiary alicyclic amines) is 1. The summed E-state index contributed by atoms with van der Waals surface area (Å²) in [4.78, 5) is 29.2. The molecule has 2 rings (SSSR count). The van der Waals surface area contributed by atoms with Gasteiger partial charge in [0.15, 0.2) is 0 Å². The molecule has 1 saturated heterocycles. The van der Waals surface area contributed by atoms with Gasteiger partial charge >= 0.3 is 12.0 Å². The van der Waals surface area contributed by atoms with Crippen LogP contribution in [-0.2, 0) is 4.79 Å². The smallest absolute Gasteiger partial charge is 0.329 e. The van der Waals surface area contributed by atoms with E-state index >= 15 is 0 Å². The molecule has 6 heteroatoms. The average molecular weight is 277 g/mol. The van der Waals surface area contributed by atoms with Crippen LogP contribution in [0.15, 0.2) is 18.5 Å². The van der Waals surface area contributed by atoms with E-state index in [4.69, 9.17) is 0 Å². The molecule has 2 N–H and O–H groups in total. The molecule has 0 aliphatic carbocycles. The Hall–Kier alpha value is -2.11. The number of nitrogens with one attached hydrogen (secondary N) is 1. The van der Waals surface area contributed by atoms with Crippen LogP contribution in [0, 0.1) is 6.92 Å². The standard InChI is InChI=1S/C14H19N3O3/c1-10-7-11(9-15-8-10)16-13(20)17-6-4-3-5-14(17,2)12(18)19/h7-9H,3-6H2,1-2H3,(H,16,20)(H,18,19). The van der Waals surface area contributed by atoms with Crippen molar-refractivity contribution in [2.45, 2.75) is 38.6 Å². The van der Waals surface area contributed by atoms with Crippen molar-refractivity contribution < 1.29 is 14.7 Å². The topological polar surface area (TPSA) is 82.5 Å². The molecule has 108 valence electrons. The number of pyridine rings is 1. The molecule has 6 nitrogen and oxygen atoms in total. The predicted molar refractivity (Wildman–Crippen MR) is 74.6 cm³/mol. The number of carbonyl (C=O) groups excluding carboxylic acids is 1. The van der Waals surface area contributed by atoms with Crippen molar-refractivity contribution in [3.8, 4) is 0 Å². The van der Waals surface area contributed by atoms with Gasteiger partial charge in [-0.15, -0.1) is 0 Å². The van der Waals surface area contributed by atoms with Gasteiger partial charge in [0.1, 0.15) is 5.54 Å². The Kier molecular flexibility index (Phi) is 3.92. The molecular formula is C14H19N3O3. The maximum atomic E-state index is 12.3. The highest BCUT2D eigenvalue weighted by atomic mass is 16.4. The van der Waals surface area contributed by atoms with Crippen LogP contribution in [-0.4, -0.2) is 39.1 Å². The quantitative estimate of drug-likeness (QED) is 0.868. The zero-order valence-corrected chi connectivity index (χ0v) is 11.7. The van der Waals surface area contributed by atoms with Crippen LogP contribution >= 0.6 is 0 Å². The predicted octanol–water partition coefficient (Wildman–Crippen LogP) is 2.25. The first-order valence-electron chi connectivity index (χ1n) is 6.67. The molecule has 1 fully saturated rings. The number of urea groups is 1. The Morgan fingerprint density at radius 2 is 2.15 bits per heavy atom. The minimum Gasteiger partial charge on any atom is -0.480 e. The number of piperidine rings is 1. The normalized spacial score (nSPS) is 22.4. The molecule has 1 aromatic rings. The molecule has 2 heterocycles. The lowest BCUT2D eigenvalue weighted by Crippen LogP contribution is -2.58. The van der Waals surface area contributed by atoms with Gasteiger partial charge in [0, 0.05) is 12.7 Å². The van der Waals surface area contributed by atoms with E-state index < -0.39 is 11.5 Å². The van der Waals surface area contributed by atoms with Crippen LogP contribution < -0.4 is 5.32 Å². The summed E-state index contributed by atoms with van der Waals surface area (Å²) < 4.78 is 0. The third-order valence-corrected chi connectivity index (χ3v) is 3.72. The summed E-state index contributed by atoms with van der Waals surface area (Å²) in [5.41, 5.74) is 0.371. The van der Waals surface area contributed by atoms with Gasteiger partial charge in [0.2, 0.25) is 0 Å². The van der Waals surface area contributed by atoms with Crippen LogP contribution in [0.25, 0.3) is 0 Å². The summed E-state index contributed by atoms with van der Waals surface area (Å²) in [7, 11) is 0. The number of carbonyl (C=O) groups is 2. The van der Waals surface area contributed by atoms with E-state index in [1.165, 1.54) is 4.90 Å². The minimum atomic E-state index is -1.14. The Labute approximate surface area is 117 Å². The van der Waals surface area contributed by atoms with Crippen molar-refractivity contribution in [2.75, 3.05) is 11.9 Å². The number of aromatic nitrogens is 1. The number of aryl methyl sites for hydroxylation is 1. The highest BCUT2D eigenvalue weighted by Crippen LogP contribution is 2.28. The van der Waals surface area contributed by atoms with Crippen molar-refractivity contribution in [3.05, 3.63) is 24.0 Å². The van der Waals surface area contributed by atoms with Gasteiger partial charge < -0.3 is 15.3 Å². The van der Waals surface area contributed by atoms with Crippen LogP contribution in [0.4, 0.5) is 10.5 Å². The first-order chi connectivity index (χ1) is 9.43. The number of amides is 2. The lowest BCUT2D eigenvalue weighted by atomic mass is 9.89. The monoisotopic (exact) mass is 277 g/mol. The second-order valence-corrected chi connectivity index (χ2v) is 5.37. The van der Waals surface area contributed by atoms with E-state index in [0.717, 1.165) is 18.4 Å². The molecule has 0 radical (unpaired) electrons. The fraction of sp³-hybridized carbons (Fsp3) is 0.500. The summed E-state index contributed by atoms with van der Waals surface area (Å²) in [5, 5.41) is 12.1. The fourth-order valence-corrected chi connectivity index (χ4v) is 2.48. The van der Waals surface area contributed by atoms with E-state index in [1.54, 1.807) is 25.4 Å². The molecule has 0 bridgehead atoms. The third-order valence-electron chi connectivity index (χ3n) is 3.72. The van der Waals surface area contributed by atoms with E-state index in [9.17, 15) is 14.7 Å². The molecule has 1 aliphatic rings. The van der Waals surface area contributed by atoms with Crippen molar-refractivity contribution in [1.29, 1.82) is 0 Å². The molecule has 0 saturated carbocycles. The Bertz CT molecular complexity index is 532. The van der Waals surface area contributed by atoms with E-state index in [-0.39, 0.29) is 6.03 Å². The number of aliphatic carboxylic acids is 1. The van der Waals surface area contributed by atoms with Gasteiger partial charge in [0.05, 0.1) is 11.9 Å². The lowest BCUT2D eigenvalue weighted by molar-refractivity contribution is -0.150. The minimum absolute atomic E-state index is 0.387. The van der Waals surface area contributed by atoms with Gasteiger partial charge in [-0.1, -0.05) is 0 Å². The number of carboxylic acids is 1. The van der Waals surface area contributed by atoms with Crippen LogP contribution in [0.3, 0.4) is 0 Å². The van der Waals surface area contributed by atoms with Crippen molar-refractivity contribution in [1.82, 2.24) is 9.88 Å². The highest BCUT2D eigenvalue weighted by molar-refractivity contribution is 5.93. The van der Waals surface area contributed by atoms with Crippen molar-refractivity contribution >= 4 is 17.7 Å². The summed E-state index contributed by atoms with van der Waals surface area (Å²) in [6, 6.07) is 1.41. The largest absolute Gasteiger partial charge is 0.480 e. The molecule has 0 spiro atoms. The van der Waals surface area contributed by atoms with Crippen LogP contribution in [0.1, 0.15) is 31.7 Å². The highest BCUT2D eigenvalue weighted by Gasteiger charge is 2.43. The molecule has 1 aliphatic heterocycles. The van der Waals surface area contributed by atoms with Crippen molar-refractivity contribution in [3.63, 3.8) is 0 Å². The van der Waals surface area contributed by atoms with Gasteiger partial charge in [0.25, 0.3) is 0 Å². The fourth-order valence-electron chi connectivity index (χ4n) is 2.48. The van der Waals surface area contributed by atoms with Crippen LogP contribution in [0.2, 0.25) is 0 Å². The second kappa shape index (κ2) is 5.48. The third kappa shape index (κ3) is 2.74. The molecule has 1 atom stereocenters. The zero-order chi connectivity index (χ0) is 14.8.